The van der Waals surface area contributed by atoms with Gasteiger partial charge in [0.2, 0.25) is 0 Å². The van der Waals surface area contributed by atoms with Crippen molar-refractivity contribution in [3.8, 4) is 0 Å². The van der Waals surface area contributed by atoms with E-state index >= 15 is 0 Å². The Kier molecular flexibility index (Phi) is 6.96. The van der Waals surface area contributed by atoms with Crippen LogP contribution >= 0.6 is 0 Å². The van der Waals surface area contributed by atoms with Crippen LogP contribution in [0.25, 0.3) is 0 Å². The topological polar surface area (TPSA) is 44.8 Å². The molecule has 2 aliphatic heterocycles. The van der Waals surface area contributed by atoms with E-state index in [0.717, 1.165) is 45.8 Å². The fourth-order valence-electron chi connectivity index (χ4n) is 3.33. The van der Waals surface area contributed by atoms with Crippen molar-refractivity contribution in [2.24, 2.45) is 11.8 Å². The molecule has 22 heavy (non-hydrogen) atoms. The van der Waals surface area contributed by atoms with Gasteiger partial charge in [0.05, 0.1) is 6.10 Å². The summed E-state index contributed by atoms with van der Waals surface area (Å²) in [6.45, 7) is 13.1. The maximum absolute atomic E-state index is 12.3. The molecule has 0 aromatic heterocycles. The molecule has 2 amide bonds. The van der Waals surface area contributed by atoms with Gasteiger partial charge in [-0.2, -0.15) is 0 Å². The van der Waals surface area contributed by atoms with Crippen molar-refractivity contribution in [3.05, 3.63) is 0 Å². The Morgan fingerprint density at radius 1 is 1.27 bits per heavy atom. The molecular formula is C17H33N3O2. The van der Waals surface area contributed by atoms with Crippen molar-refractivity contribution >= 4 is 6.03 Å². The summed E-state index contributed by atoms with van der Waals surface area (Å²) in [5, 5.41) is 3.13. The second-order valence-corrected chi connectivity index (χ2v) is 7.17. The zero-order valence-electron chi connectivity index (χ0n) is 14.5. The first-order chi connectivity index (χ1) is 10.6. The highest BCUT2D eigenvalue weighted by molar-refractivity contribution is 5.74. The first-order valence-corrected chi connectivity index (χ1v) is 8.95. The van der Waals surface area contributed by atoms with Gasteiger partial charge in [-0.05, 0) is 44.2 Å². The SMILES string of the molecule is CCN1CCC[C@H](CNC(=O)N2CC[C@@H](OCC(C)C)C2)C1. The second-order valence-electron chi connectivity index (χ2n) is 7.17. The fraction of sp³-hybridized carbons (Fsp3) is 0.941. The van der Waals surface area contributed by atoms with Gasteiger partial charge >= 0.3 is 6.03 Å². The zero-order chi connectivity index (χ0) is 15.9. The third-order valence-corrected chi connectivity index (χ3v) is 4.69. The molecule has 2 aliphatic rings. The van der Waals surface area contributed by atoms with Crippen molar-refractivity contribution < 1.29 is 9.53 Å². The van der Waals surface area contributed by atoms with Crippen molar-refractivity contribution in [1.82, 2.24) is 15.1 Å². The molecule has 2 fully saturated rings. The van der Waals surface area contributed by atoms with E-state index in [4.69, 9.17) is 4.74 Å². The summed E-state index contributed by atoms with van der Waals surface area (Å²) in [7, 11) is 0. The van der Waals surface area contributed by atoms with Crippen LogP contribution < -0.4 is 5.32 Å². The first kappa shape index (κ1) is 17.5. The van der Waals surface area contributed by atoms with Gasteiger partial charge in [-0.1, -0.05) is 20.8 Å². The van der Waals surface area contributed by atoms with E-state index < -0.39 is 0 Å². The van der Waals surface area contributed by atoms with Gasteiger partial charge in [0.15, 0.2) is 0 Å². The molecule has 0 radical (unpaired) electrons. The molecule has 0 aromatic carbocycles. The van der Waals surface area contributed by atoms with Gasteiger partial charge in [0.25, 0.3) is 0 Å². The fourth-order valence-corrected chi connectivity index (χ4v) is 3.33. The number of likely N-dealkylation sites (tertiary alicyclic amines) is 2. The van der Waals surface area contributed by atoms with Crippen LogP contribution in [0.15, 0.2) is 0 Å². The van der Waals surface area contributed by atoms with Crippen molar-refractivity contribution in [1.29, 1.82) is 0 Å². The van der Waals surface area contributed by atoms with Crippen molar-refractivity contribution in [2.45, 2.75) is 46.1 Å². The quantitative estimate of drug-likeness (QED) is 0.818. The van der Waals surface area contributed by atoms with E-state index in [9.17, 15) is 4.79 Å². The summed E-state index contributed by atoms with van der Waals surface area (Å²) in [5.74, 6) is 1.16. The van der Waals surface area contributed by atoms with Crippen LogP contribution in [-0.2, 0) is 4.74 Å². The molecule has 128 valence electrons. The number of hydrogen-bond donors (Lipinski definition) is 1. The number of nitrogens with zero attached hydrogens (tertiary/aromatic N) is 2. The molecule has 0 aliphatic carbocycles. The molecule has 0 unspecified atom stereocenters. The van der Waals surface area contributed by atoms with E-state index in [2.05, 4.69) is 31.0 Å². The molecule has 5 heteroatoms. The van der Waals surface area contributed by atoms with Gasteiger partial charge in [-0.25, -0.2) is 4.79 Å². The van der Waals surface area contributed by atoms with Gasteiger partial charge in [-0.15, -0.1) is 0 Å². The minimum absolute atomic E-state index is 0.0873. The molecule has 0 bridgehead atoms. The average molecular weight is 311 g/mol. The maximum Gasteiger partial charge on any atom is 0.317 e. The normalized spacial score (nSPS) is 26.6. The molecule has 2 saturated heterocycles. The van der Waals surface area contributed by atoms with Gasteiger partial charge in [0.1, 0.15) is 0 Å². The Hall–Kier alpha value is -0.810. The van der Waals surface area contributed by atoms with Crippen LogP contribution in [0.2, 0.25) is 0 Å². The zero-order valence-corrected chi connectivity index (χ0v) is 14.5. The Labute approximate surface area is 135 Å². The third-order valence-electron chi connectivity index (χ3n) is 4.69. The van der Waals surface area contributed by atoms with E-state index in [1.54, 1.807) is 0 Å². The van der Waals surface area contributed by atoms with Gasteiger partial charge in [0, 0.05) is 32.8 Å². The summed E-state index contributed by atoms with van der Waals surface area (Å²) in [6, 6.07) is 0.0873. The molecule has 2 rings (SSSR count). The minimum atomic E-state index is 0.0873. The van der Waals surface area contributed by atoms with Crippen LogP contribution in [0.4, 0.5) is 4.79 Å². The van der Waals surface area contributed by atoms with Crippen LogP contribution in [0, 0.1) is 11.8 Å². The van der Waals surface area contributed by atoms with Gasteiger partial charge in [-0.3, -0.25) is 0 Å². The lowest BCUT2D eigenvalue weighted by molar-refractivity contribution is 0.0435. The number of carbonyl (C=O) groups is 1. The molecular weight excluding hydrogens is 278 g/mol. The van der Waals surface area contributed by atoms with Crippen molar-refractivity contribution in [2.75, 3.05) is 45.9 Å². The largest absolute Gasteiger partial charge is 0.376 e. The Morgan fingerprint density at radius 3 is 2.82 bits per heavy atom. The van der Waals surface area contributed by atoms with Crippen LogP contribution in [0.3, 0.4) is 0 Å². The number of rotatable bonds is 6. The van der Waals surface area contributed by atoms with E-state index in [-0.39, 0.29) is 12.1 Å². The van der Waals surface area contributed by atoms with Gasteiger partial charge < -0.3 is 19.9 Å². The summed E-state index contributed by atoms with van der Waals surface area (Å²) in [4.78, 5) is 16.7. The van der Waals surface area contributed by atoms with Crippen molar-refractivity contribution in [3.63, 3.8) is 0 Å². The predicted octanol–water partition coefficient (Wildman–Crippen LogP) is 2.17. The lowest BCUT2D eigenvalue weighted by Crippen LogP contribution is -2.44. The second kappa shape index (κ2) is 8.73. The molecule has 5 nitrogen and oxygen atoms in total. The lowest BCUT2D eigenvalue weighted by atomic mass is 9.98. The molecule has 1 N–H and O–H groups in total. The molecule has 0 spiro atoms. The average Bonchev–Trinajstić information content (AvgIpc) is 3.00. The molecule has 0 aromatic rings. The number of carbonyl (C=O) groups excluding carboxylic acids is 1. The lowest BCUT2D eigenvalue weighted by Gasteiger charge is -2.32. The molecule has 2 heterocycles. The van der Waals surface area contributed by atoms with E-state index in [1.165, 1.54) is 19.4 Å². The van der Waals surface area contributed by atoms with E-state index in [0.29, 0.717) is 11.8 Å². The Balaban J connectivity index is 1.65. The highest BCUT2D eigenvalue weighted by Gasteiger charge is 2.27. The Bertz CT molecular complexity index is 349. The van der Waals surface area contributed by atoms with Crippen LogP contribution in [0.5, 0.6) is 0 Å². The maximum atomic E-state index is 12.3. The monoisotopic (exact) mass is 311 g/mol. The number of piperidine rings is 1. The molecule has 0 saturated carbocycles. The summed E-state index contributed by atoms with van der Waals surface area (Å²) >= 11 is 0. The highest BCUT2D eigenvalue weighted by atomic mass is 16.5. The number of urea groups is 1. The highest BCUT2D eigenvalue weighted by Crippen LogP contribution is 2.16. The standard InChI is InChI=1S/C17H33N3O2/c1-4-19-8-5-6-15(11-19)10-18-17(21)20-9-7-16(12-20)22-13-14(2)3/h14-16H,4-13H2,1-3H3,(H,18,21)/t15-,16-/m1/s1. The minimum Gasteiger partial charge on any atom is -0.376 e. The number of hydrogen-bond acceptors (Lipinski definition) is 3. The third kappa shape index (κ3) is 5.43. The summed E-state index contributed by atoms with van der Waals surface area (Å²) in [6.07, 6.45) is 3.67. The smallest absolute Gasteiger partial charge is 0.317 e. The number of ether oxygens (including phenoxy) is 1. The summed E-state index contributed by atoms with van der Waals surface area (Å²) in [5.41, 5.74) is 0. The number of amides is 2. The summed E-state index contributed by atoms with van der Waals surface area (Å²) < 4.78 is 5.84. The molecule has 2 atom stereocenters. The van der Waals surface area contributed by atoms with Crippen LogP contribution in [-0.4, -0.2) is 67.8 Å². The van der Waals surface area contributed by atoms with E-state index in [1.807, 2.05) is 4.90 Å². The predicted molar refractivity (Wildman–Crippen MR) is 89.0 cm³/mol. The number of nitrogens with one attached hydrogen (secondary N) is 1. The van der Waals surface area contributed by atoms with Crippen LogP contribution in [0.1, 0.15) is 40.0 Å². The Morgan fingerprint density at radius 2 is 2.09 bits per heavy atom. The first-order valence-electron chi connectivity index (χ1n) is 8.95.